The van der Waals surface area contributed by atoms with E-state index in [2.05, 4.69) is 10.6 Å². The molecule has 0 atom stereocenters. The fourth-order valence-electron chi connectivity index (χ4n) is 2.50. The van der Waals surface area contributed by atoms with E-state index in [9.17, 15) is 9.59 Å². The van der Waals surface area contributed by atoms with Gasteiger partial charge in [0.2, 0.25) is 11.8 Å². The summed E-state index contributed by atoms with van der Waals surface area (Å²) >= 11 is 11.7. The van der Waals surface area contributed by atoms with Gasteiger partial charge >= 0.3 is 0 Å². The summed E-state index contributed by atoms with van der Waals surface area (Å²) in [5, 5.41) is 6.40. The predicted octanol–water partition coefficient (Wildman–Crippen LogP) is 3.77. The maximum Gasteiger partial charge on any atom is 0.233 e. The minimum absolute atomic E-state index is 0.194. The monoisotopic (exact) mass is 328 g/mol. The zero-order valence-electron chi connectivity index (χ0n) is 11.6. The minimum atomic E-state index is -0.373. The average Bonchev–Trinajstić information content (AvgIpc) is 2.37. The van der Waals surface area contributed by atoms with E-state index in [1.165, 1.54) is 6.42 Å². The highest BCUT2D eigenvalue weighted by molar-refractivity contribution is 6.35. The molecule has 1 fully saturated rings. The Morgan fingerprint density at radius 3 is 2.24 bits per heavy atom. The lowest BCUT2D eigenvalue weighted by molar-refractivity contribution is -0.127. The number of carbonyl (C=O) groups is 2. The Bertz CT molecular complexity index is 508. The molecule has 0 unspecified atom stereocenters. The Labute approximate surface area is 134 Å². The number of hydrogen-bond acceptors (Lipinski definition) is 2. The van der Waals surface area contributed by atoms with Crippen molar-refractivity contribution in [1.29, 1.82) is 0 Å². The molecule has 0 aliphatic heterocycles. The molecule has 21 heavy (non-hydrogen) atoms. The van der Waals surface area contributed by atoms with Gasteiger partial charge in [-0.25, -0.2) is 0 Å². The van der Waals surface area contributed by atoms with Gasteiger partial charge in [0.05, 0.1) is 0 Å². The second-order valence-corrected chi connectivity index (χ2v) is 6.16. The number of hydrogen-bond donors (Lipinski definition) is 2. The van der Waals surface area contributed by atoms with Crippen LogP contribution in [0.5, 0.6) is 0 Å². The SMILES string of the molecule is O=C(CC(=O)NC1CCCCC1)Nc1cc(Cl)cc(Cl)c1. The van der Waals surface area contributed by atoms with Crippen molar-refractivity contribution in [3.63, 3.8) is 0 Å². The van der Waals surface area contributed by atoms with Crippen molar-refractivity contribution >= 4 is 40.7 Å². The summed E-state index contributed by atoms with van der Waals surface area (Å²) < 4.78 is 0. The summed E-state index contributed by atoms with van der Waals surface area (Å²) in [6, 6.07) is 4.96. The second kappa shape index (κ2) is 7.66. The van der Waals surface area contributed by atoms with Gasteiger partial charge < -0.3 is 10.6 Å². The summed E-state index contributed by atoms with van der Waals surface area (Å²) in [6.07, 6.45) is 5.30. The topological polar surface area (TPSA) is 58.2 Å². The van der Waals surface area contributed by atoms with Gasteiger partial charge in [-0.15, -0.1) is 0 Å². The lowest BCUT2D eigenvalue weighted by atomic mass is 9.95. The van der Waals surface area contributed by atoms with Crippen molar-refractivity contribution in [2.45, 2.75) is 44.6 Å². The molecule has 0 radical (unpaired) electrons. The number of carbonyl (C=O) groups excluding carboxylic acids is 2. The number of halogens is 2. The fourth-order valence-corrected chi connectivity index (χ4v) is 3.03. The van der Waals surface area contributed by atoms with Crippen LogP contribution in [0.2, 0.25) is 10.0 Å². The molecule has 1 aliphatic rings. The molecule has 0 bridgehead atoms. The third-order valence-corrected chi connectivity index (χ3v) is 3.87. The third-order valence-electron chi connectivity index (χ3n) is 3.44. The van der Waals surface area contributed by atoms with Gasteiger partial charge in [0.25, 0.3) is 0 Å². The molecule has 2 N–H and O–H groups in total. The van der Waals surface area contributed by atoms with Crippen LogP contribution >= 0.6 is 23.2 Å². The van der Waals surface area contributed by atoms with Crippen LogP contribution in [-0.2, 0) is 9.59 Å². The van der Waals surface area contributed by atoms with Crippen molar-refractivity contribution in [1.82, 2.24) is 5.32 Å². The predicted molar refractivity (Wildman–Crippen MR) is 84.7 cm³/mol. The molecule has 0 saturated heterocycles. The first-order valence-electron chi connectivity index (χ1n) is 7.08. The Morgan fingerprint density at radius 2 is 1.62 bits per heavy atom. The van der Waals surface area contributed by atoms with E-state index in [4.69, 9.17) is 23.2 Å². The van der Waals surface area contributed by atoms with Crippen molar-refractivity contribution < 1.29 is 9.59 Å². The number of rotatable bonds is 4. The molecule has 1 saturated carbocycles. The highest BCUT2D eigenvalue weighted by Gasteiger charge is 2.17. The van der Waals surface area contributed by atoms with Crippen molar-refractivity contribution in [2.75, 3.05) is 5.32 Å². The van der Waals surface area contributed by atoms with Gasteiger partial charge in [0.15, 0.2) is 0 Å². The summed E-state index contributed by atoms with van der Waals surface area (Å²) in [5.41, 5.74) is 0.489. The Kier molecular flexibility index (Phi) is 5.88. The van der Waals surface area contributed by atoms with Crippen LogP contribution in [0.4, 0.5) is 5.69 Å². The highest BCUT2D eigenvalue weighted by Crippen LogP contribution is 2.22. The molecule has 0 aromatic heterocycles. The molecule has 0 spiro atoms. The van der Waals surface area contributed by atoms with Gasteiger partial charge in [0, 0.05) is 21.8 Å². The molecule has 1 aliphatic carbocycles. The maximum atomic E-state index is 11.8. The van der Waals surface area contributed by atoms with Crippen LogP contribution in [0.3, 0.4) is 0 Å². The van der Waals surface area contributed by atoms with Crippen molar-refractivity contribution in [2.24, 2.45) is 0 Å². The van der Waals surface area contributed by atoms with Crippen molar-refractivity contribution in [3.05, 3.63) is 28.2 Å². The van der Waals surface area contributed by atoms with Crippen LogP contribution < -0.4 is 10.6 Å². The number of anilines is 1. The second-order valence-electron chi connectivity index (χ2n) is 5.29. The highest BCUT2D eigenvalue weighted by atomic mass is 35.5. The smallest absolute Gasteiger partial charge is 0.233 e. The van der Waals surface area contributed by atoms with E-state index >= 15 is 0 Å². The van der Waals surface area contributed by atoms with E-state index in [0.717, 1.165) is 25.7 Å². The normalized spacial score (nSPS) is 15.5. The van der Waals surface area contributed by atoms with Gasteiger partial charge in [-0.1, -0.05) is 42.5 Å². The number of nitrogens with one attached hydrogen (secondary N) is 2. The first kappa shape index (κ1) is 16.1. The van der Waals surface area contributed by atoms with Crippen LogP contribution in [0.15, 0.2) is 18.2 Å². The lowest BCUT2D eigenvalue weighted by Crippen LogP contribution is -2.37. The van der Waals surface area contributed by atoms with Crippen LogP contribution in [0.1, 0.15) is 38.5 Å². The molecule has 0 heterocycles. The quantitative estimate of drug-likeness (QED) is 0.826. The van der Waals surface area contributed by atoms with E-state index in [1.54, 1.807) is 18.2 Å². The summed E-state index contributed by atoms with van der Waals surface area (Å²) in [6.45, 7) is 0. The Hall–Kier alpha value is -1.26. The molecular formula is C15H18Cl2N2O2. The summed E-state index contributed by atoms with van der Waals surface area (Å²) in [7, 11) is 0. The van der Waals surface area contributed by atoms with E-state index < -0.39 is 0 Å². The minimum Gasteiger partial charge on any atom is -0.353 e. The molecule has 1 aromatic carbocycles. The van der Waals surface area contributed by atoms with Crippen LogP contribution in [0.25, 0.3) is 0 Å². The molecule has 4 nitrogen and oxygen atoms in total. The first-order chi connectivity index (χ1) is 10.0. The molecule has 1 aromatic rings. The Balaban J connectivity index is 1.81. The molecular weight excluding hydrogens is 311 g/mol. The largest absolute Gasteiger partial charge is 0.353 e. The van der Waals surface area contributed by atoms with Gasteiger partial charge in [-0.2, -0.15) is 0 Å². The molecule has 2 amide bonds. The van der Waals surface area contributed by atoms with E-state index in [0.29, 0.717) is 15.7 Å². The van der Waals surface area contributed by atoms with Gasteiger partial charge in [0.1, 0.15) is 6.42 Å². The van der Waals surface area contributed by atoms with Gasteiger partial charge in [-0.3, -0.25) is 9.59 Å². The van der Waals surface area contributed by atoms with Gasteiger partial charge in [-0.05, 0) is 31.0 Å². The Morgan fingerprint density at radius 1 is 1.00 bits per heavy atom. The third kappa shape index (κ3) is 5.56. The number of amides is 2. The standard InChI is InChI=1S/C15H18Cl2N2O2/c16-10-6-11(17)8-13(7-10)19-15(21)9-14(20)18-12-4-2-1-3-5-12/h6-8,12H,1-5,9H2,(H,18,20)(H,19,21). The molecule has 6 heteroatoms. The summed E-state index contributed by atoms with van der Waals surface area (Å²) in [4.78, 5) is 23.7. The molecule has 114 valence electrons. The lowest BCUT2D eigenvalue weighted by Gasteiger charge is -2.22. The van der Waals surface area contributed by atoms with E-state index in [1.807, 2.05) is 0 Å². The molecule has 2 rings (SSSR count). The van der Waals surface area contributed by atoms with Crippen LogP contribution in [-0.4, -0.2) is 17.9 Å². The summed E-state index contributed by atoms with van der Waals surface area (Å²) in [5.74, 6) is -0.617. The first-order valence-corrected chi connectivity index (χ1v) is 7.84. The zero-order valence-corrected chi connectivity index (χ0v) is 13.1. The zero-order chi connectivity index (χ0) is 15.2. The van der Waals surface area contributed by atoms with Crippen LogP contribution in [0, 0.1) is 0 Å². The van der Waals surface area contributed by atoms with Crippen molar-refractivity contribution in [3.8, 4) is 0 Å². The number of benzene rings is 1. The fraction of sp³-hybridized carbons (Fsp3) is 0.467. The van der Waals surface area contributed by atoms with E-state index in [-0.39, 0.29) is 24.3 Å². The maximum absolute atomic E-state index is 11.8. The average molecular weight is 329 g/mol.